The molecule has 0 atom stereocenters. The van der Waals surface area contributed by atoms with Gasteiger partial charge in [0.2, 0.25) is 0 Å². The van der Waals surface area contributed by atoms with Crippen LogP contribution >= 0.6 is 11.3 Å². The predicted octanol–water partition coefficient (Wildman–Crippen LogP) is 5.08. The minimum absolute atomic E-state index is 1.06. The van der Waals surface area contributed by atoms with E-state index in [0.29, 0.717) is 0 Å². The number of aryl methyl sites for hydroxylation is 2. The maximum atomic E-state index is 4.65. The molecular formula is C17H15NS. The van der Waals surface area contributed by atoms with Gasteiger partial charge in [-0.05, 0) is 48.7 Å². The molecule has 0 aliphatic heterocycles. The Labute approximate surface area is 117 Å². The normalized spacial score (nSPS) is 11.5. The second kappa shape index (κ2) is 4.98. The van der Waals surface area contributed by atoms with Crippen LogP contribution in [0.25, 0.3) is 22.4 Å². The van der Waals surface area contributed by atoms with Gasteiger partial charge in [-0.2, -0.15) is 0 Å². The van der Waals surface area contributed by atoms with E-state index in [9.17, 15) is 0 Å². The molecule has 0 saturated heterocycles. The first-order chi connectivity index (χ1) is 9.22. The molecule has 0 bridgehead atoms. The minimum Gasteiger partial charge on any atom is -0.237 e. The molecule has 3 aromatic rings. The smallest absolute Gasteiger partial charge is 0.117 e. The molecule has 0 unspecified atom stereocenters. The Morgan fingerprint density at radius 3 is 2.68 bits per heavy atom. The standard InChI is InChI=1S/C17H15NS/c1-12-7-9-16-15(11-12)18-17(19-16)10-8-14-6-4-3-5-13(14)2/h3-11H,1-2H3/b10-8+. The van der Waals surface area contributed by atoms with E-state index in [-0.39, 0.29) is 0 Å². The van der Waals surface area contributed by atoms with Crippen LogP contribution in [0.1, 0.15) is 21.7 Å². The Kier molecular flexibility index (Phi) is 3.18. The van der Waals surface area contributed by atoms with Gasteiger partial charge in [-0.25, -0.2) is 4.98 Å². The van der Waals surface area contributed by atoms with Gasteiger partial charge in [-0.15, -0.1) is 11.3 Å². The molecule has 94 valence electrons. The molecule has 0 fully saturated rings. The van der Waals surface area contributed by atoms with E-state index in [1.165, 1.54) is 21.4 Å². The summed E-state index contributed by atoms with van der Waals surface area (Å²) in [6, 6.07) is 14.8. The van der Waals surface area contributed by atoms with E-state index < -0.39 is 0 Å². The molecule has 0 saturated carbocycles. The first-order valence-electron chi connectivity index (χ1n) is 6.33. The van der Waals surface area contributed by atoms with Crippen LogP contribution in [0.4, 0.5) is 0 Å². The summed E-state index contributed by atoms with van der Waals surface area (Å²) < 4.78 is 1.25. The first kappa shape index (κ1) is 12.1. The van der Waals surface area contributed by atoms with Crippen molar-refractivity contribution in [3.63, 3.8) is 0 Å². The van der Waals surface area contributed by atoms with E-state index in [1.54, 1.807) is 11.3 Å². The lowest BCUT2D eigenvalue weighted by Crippen LogP contribution is -1.77. The van der Waals surface area contributed by atoms with E-state index in [2.05, 4.69) is 73.4 Å². The fraction of sp³-hybridized carbons (Fsp3) is 0.118. The van der Waals surface area contributed by atoms with Gasteiger partial charge < -0.3 is 0 Å². The third kappa shape index (κ3) is 2.59. The lowest BCUT2D eigenvalue weighted by atomic mass is 10.1. The molecule has 3 rings (SSSR count). The van der Waals surface area contributed by atoms with Gasteiger partial charge in [-0.1, -0.05) is 36.4 Å². The zero-order valence-electron chi connectivity index (χ0n) is 11.1. The molecule has 19 heavy (non-hydrogen) atoms. The SMILES string of the molecule is Cc1ccc2sc(/C=C/c3ccccc3C)nc2c1. The largest absolute Gasteiger partial charge is 0.237 e. The molecule has 0 amide bonds. The van der Waals surface area contributed by atoms with Crippen molar-refractivity contribution in [3.8, 4) is 0 Å². The maximum absolute atomic E-state index is 4.65. The van der Waals surface area contributed by atoms with Gasteiger partial charge in [0, 0.05) is 0 Å². The molecule has 0 aliphatic carbocycles. The number of benzene rings is 2. The van der Waals surface area contributed by atoms with Crippen molar-refractivity contribution in [2.24, 2.45) is 0 Å². The van der Waals surface area contributed by atoms with Crippen molar-refractivity contribution < 1.29 is 0 Å². The Balaban J connectivity index is 1.95. The van der Waals surface area contributed by atoms with Crippen LogP contribution in [0.2, 0.25) is 0 Å². The highest BCUT2D eigenvalue weighted by atomic mass is 32.1. The van der Waals surface area contributed by atoms with Crippen LogP contribution in [0.15, 0.2) is 42.5 Å². The van der Waals surface area contributed by atoms with Crippen LogP contribution in [0, 0.1) is 13.8 Å². The summed E-state index contributed by atoms with van der Waals surface area (Å²) in [6.07, 6.45) is 4.24. The van der Waals surface area contributed by atoms with Gasteiger partial charge in [-0.3, -0.25) is 0 Å². The summed E-state index contributed by atoms with van der Waals surface area (Å²) in [5.74, 6) is 0. The van der Waals surface area contributed by atoms with Gasteiger partial charge >= 0.3 is 0 Å². The number of hydrogen-bond donors (Lipinski definition) is 0. The zero-order chi connectivity index (χ0) is 13.2. The minimum atomic E-state index is 1.06. The number of fused-ring (bicyclic) bond motifs is 1. The van der Waals surface area contributed by atoms with E-state index in [1.807, 2.05) is 0 Å². The summed E-state index contributed by atoms with van der Waals surface area (Å²) in [4.78, 5) is 4.65. The van der Waals surface area contributed by atoms with Gasteiger partial charge in [0.25, 0.3) is 0 Å². The Bertz CT molecular complexity index is 753. The van der Waals surface area contributed by atoms with Gasteiger partial charge in [0.05, 0.1) is 10.2 Å². The summed E-state index contributed by atoms with van der Waals surface area (Å²) in [5, 5.41) is 1.06. The number of rotatable bonds is 2. The van der Waals surface area contributed by atoms with Crippen LogP contribution < -0.4 is 0 Å². The molecule has 1 nitrogen and oxygen atoms in total. The second-order valence-electron chi connectivity index (χ2n) is 4.71. The highest BCUT2D eigenvalue weighted by molar-refractivity contribution is 7.19. The van der Waals surface area contributed by atoms with Crippen LogP contribution in [0.5, 0.6) is 0 Å². The van der Waals surface area contributed by atoms with Crippen molar-refractivity contribution >= 4 is 33.7 Å². The Morgan fingerprint density at radius 2 is 1.84 bits per heavy atom. The van der Waals surface area contributed by atoms with Crippen LogP contribution in [0.3, 0.4) is 0 Å². The van der Waals surface area contributed by atoms with Crippen molar-refractivity contribution in [2.75, 3.05) is 0 Å². The number of hydrogen-bond acceptors (Lipinski definition) is 2. The second-order valence-corrected chi connectivity index (χ2v) is 5.78. The number of aromatic nitrogens is 1. The quantitative estimate of drug-likeness (QED) is 0.629. The topological polar surface area (TPSA) is 12.9 Å². The Hall–Kier alpha value is -1.93. The monoisotopic (exact) mass is 265 g/mol. The van der Waals surface area contributed by atoms with Crippen LogP contribution in [-0.2, 0) is 0 Å². The fourth-order valence-corrected chi connectivity index (χ4v) is 2.91. The van der Waals surface area contributed by atoms with E-state index in [4.69, 9.17) is 0 Å². The summed E-state index contributed by atoms with van der Waals surface area (Å²) in [5.41, 5.74) is 4.88. The lowest BCUT2D eigenvalue weighted by Gasteiger charge is -1.97. The molecule has 1 aromatic heterocycles. The number of thiazole rings is 1. The molecule has 0 spiro atoms. The van der Waals surface area contributed by atoms with Gasteiger partial charge in [0.1, 0.15) is 5.01 Å². The van der Waals surface area contributed by atoms with Crippen LogP contribution in [-0.4, -0.2) is 4.98 Å². The lowest BCUT2D eigenvalue weighted by molar-refractivity contribution is 1.42. The third-order valence-electron chi connectivity index (χ3n) is 3.15. The predicted molar refractivity (Wildman–Crippen MR) is 84.5 cm³/mol. The van der Waals surface area contributed by atoms with E-state index in [0.717, 1.165) is 10.5 Å². The highest BCUT2D eigenvalue weighted by Crippen LogP contribution is 2.24. The highest BCUT2D eigenvalue weighted by Gasteiger charge is 2.01. The van der Waals surface area contributed by atoms with Crippen molar-refractivity contribution in [2.45, 2.75) is 13.8 Å². The summed E-state index contributed by atoms with van der Waals surface area (Å²) >= 11 is 1.73. The van der Waals surface area contributed by atoms with E-state index >= 15 is 0 Å². The van der Waals surface area contributed by atoms with Gasteiger partial charge in [0.15, 0.2) is 0 Å². The number of nitrogens with zero attached hydrogens (tertiary/aromatic N) is 1. The molecule has 1 heterocycles. The molecule has 0 radical (unpaired) electrons. The summed E-state index contributed by atoms with van der Waals surface area (Å²) in [6.45, 7) is 4.23. The molecule has 0 aliphatic rings. The molecule has 2 heteroatoms. The van der Waals surface area contributed by atoms with Crippen molar-refractivity contribution in [1.29, 1.82) is 0 Å². The summed E-state index contributed by atoms with van der Waals surface area (Å²) in [7, 11) is 0. The first-order valence-corrected chi connectivity index (χ1v) is 7.15. The van der Waals surface area contributed by atoms with Crippen molar-refractivity contribution in [3.05, 3.63) is 64.2 Å². The maximum Gasteiger partial charge on any atom is 0.117 e. The third-order valence-corrected chi connectivity index (χ3v) is 4.16. The molecular weight excluding hydrogens is 250 g/mol. The average Bonchev–Trinajstić information content (AvgIpc) is 2.79. The Morgan fingerprint density at radius 1 is 1.00 bits per heavy atom. The van der Waals surface area contributed by atoms with Crippen molar-refractivity contribution in [1.82, 2.24) is 4.98 Å². The molecule has 0 N–H and O–H groups in total. The fourth-order valence-electron chi connectivity index (χ4n) is 2.06. The zero-order valence-corrected chi connectivity index (χ0v) is 11.9. The average molecular weight is 265 g/mol. The molecule has 2 aromatic carbocycles.